The third kappa shape index (κ3) is 3.65. The highest BCUT2D eigenvalue weighted by molar-refractivity contribution is 5.81. The van der Waals surface area contributed by atoms with E-state index in [1.54, 1.807) is 6.20 Å². The minimum atomic E-state index is -0.0708. The molecule has 4 nitrogen and oxygen atoms in total. The van der Waals surface area contributed by atoms with Crippen LogP contribution in [0.2, 0.25) is 0 Å². The highest BCUT2D eigenvalue weighted by Crippen LogP contribution is 2.18. The maximum atomic E-state index is 12.2. The van der Waals surface area contributed by atoms with Crippen LogP contribution in [-0.2, 0) is 17.8 Å². The molecule has 3 rings (SSSR count). The minimum absolute atomic E-state index is 0.0547. The van der Waals surface area contributed by atoms with E-state index in [9.17, 15) is 4.79 Å². The van der Waals surface area contributed by atoms with Crippen molar-refractivity contribution in [1.29, 1.82) is 0 Å². The molecule has 1 atom stereocenters. The van der Waals surface area contributed by atoms with Gasteiger partial charge in [-0.25, -0.2) is 0 Å². The number of carbonyl (C=O) groups excluding carboxylic acids is 1. The van der Waals surface area contributed by atoms with E-state index in [1.807, 2.05) is 25.1 Å². The number of pyridine rings is 1. The summed E-state index contributed by atoms with van der Waals surface area (Å²) in [5.41, 5.74) is 3.31. The van der Waals surface area contributed by atoms with E-state index in [-0.39, 0.29) is 11.9 Å². The lowest BCUT2D eigenvalue weighted by Gasteiger charge is -2.13. The quantitative estimate of drug-likeness (QED) is 0.749. The second kappa shape index (κ2) is 7.30. The Bertz CT molecular complexity index is 823. The minimum Gasteiger partial charge on any atom is -0.348 e. The summed E-state index contributed by atoms with van der Waals surface area (Å²) in [5.74, 6) is 0.0547. The molecule has 1 amide bonds. The molecule has 0 saturated carbocycles. The van der Waals surface area contributed by atoms with Gasteiger partial charge in [-0.1, -0.05) is 18.2 Å². The lowest BCUT2D eigenvalue weighted by atomic mass is 10.1. The zero-order valence-electron chi connectivity index (χ0n) is 14.2. The van der Waals surface area contributed by atoms with Crippen LogP contribution in [0.3, 0.4) is 0 Å². The Hall–Kier alpha value is -2.62. The Balaban J connectivity index is 1.60. The number of carbonyl (C=O) groups is 1. The molecule has 1 unspecified atom stereocenters. The molecule has 0 bridgehead atoms. The number of aryl methyl sites for hydroxylation is 2. The third-order valence-electron chi connectivity index (χ3n) is 4.33. The van der Waals surface area contributed by atoms with Gasteiger partial charge in [0.15, 0.2) is 0 Å². The molecule has 1 N–H and O–H groups in total. The van der Waals surface area contributed by atoms with Crippen molar-refractivity contribution in [2.45, 2.75) is 39.3 Å². The standard InChI is InChI=1S/C20H23N3O/c1-3-23-13-11-17-9-7-16(14-19(17)23)8-10-20(24)22-15(2)18-6-4-5-12-21-18/h4-7,9,11-15H,3,8,10H2,1-2H3,(H,22,24). The average Bonchev–Trinajstić information content (AvgIpc) is 3.03. The molecule has 0 aliphatic rings. The highest BCUT2D eigenvalue weighted by Gasteiger charge is 2.10. The zero-order chi connectivity index (χ0) is 16.9. The van der Waals surface area contributed by atoms with Crippen LogP contribution >= 0.6 is 0 Å². The lowest BCUT2D eigenvalue weighted by molar-refractivity contribution is -0.121. The van der Waals surface area contributed by atoms with Gasteiger partial charge in [0.2, 0.25) is 5.91 Å². The molecule has 0 spiro atoms. The molecule has 24 heavy (non-hydrogen) atoms. The van der Waals surface area contributed by atoms with Gasteiger partial charge in [-0.15, -0.1) is 0 Å². The van der Waals surface area contributed by atoms with Crippen LogP contribution in [0.1, 0.15) is 37.6 Å². The predicted octanol–water partition coefficient (Wildman–Crippen LogP) is 3.87. The number of nitrogens with zero attached hydrogens (tertiary/aromatic N) is 2. The van der Waals surface area contributed by atoms with Gasteiger partial charge in [0, 0.05) is 30.9 Å². The third-order valence-corrected chi connectivity index (χ3v) is 4.33. The van der Waals surface area contributed by atoms with Crippen molar-refractivity contribution < 1.29 is 4.79 Å². The van der Waals surface area contributed by atoms with Gasteiger partial charge < -0.3 is 9.88 Å². The van der Waals surface area contributed by atoms with Crippen LogP contribution in [0.15, 0.2) is 54.9 Å². The number of fused-ring (bicyclic) bond motifs is 1. The first kappa shape index (κ1) is 16.2. The number of rotatable bonds is 6. The number of nitrogens with one attached hydrogen (secondary N) is 1. The number of amides is 1. The second-order valence-corrected chi connectivity index (χ2v) is 6.04. The second-order valence-electron chi connectivity index (χ2n) is 6.04. The molecule has 0 saturated heterocycles. The summed E-state index contributed by atoms with van der Waals surface area (Å²) in [6.07, 6.45) is 5.08. The number of hydrogen-bond acceptors (Lipinski definition) is 2. The van der Waals surface area contributed by atoms with Crippen LogP contribution in [-0.4, -0.2) is 15.5 Å². The molecular formula is C20H23N3O. The fourth-order valence-electron chi connectivity index (χ4n) is 2.94. The van der Waals surface area contributed by atoms with Crippen LogP contribution < -0.4 is 5.32 Å². The molecular weight excluding hydrogens is 298 g/mol. The lowest BCUT2D eigenvalue weighted by Crippen LogP contribution is -2.27. The van der Waals surface area contributed by atoms with E-state index < -0.39 is 0 Å². The normalized spacial score (nSPS) is 12.2. The van der Waals surface area contributed by atoms with E-state index in [0.29, 0.717) is 6.42 Å². The zero-order valence-corrected chi connectivity index (χ0v) is 14.2. The predicted molar refractivity (Wildman–Crippen MR) is 96.7 cm³/mol. The molecule has 0 fully saturated rings. The van der Waals surface area contributed by atoms with Crippen molar-refractivity contribution in [1.82, 2.24) is 14.9 Å². The molecule has 124 valence electrons. The summed E-state index contributed by atoms with van der Waals surface area (Å²) in [7, 11) is 0. The smallest absolute Gasteiger partial charge is 0.220 e. The molecule has 1 aromatic carbocycles. The van der Waals surface area contributed by atoms with Gasteiger partial charge >= 0.3 is 0 Å². The van der Waals surface area contributed by atoms with E-state index in [2.05, 4.69) is 52.3 Å². The van der Waals surface area contributed by atoms with Crippen molar-refractivity contribution in [3.63, 3.8) is 0 Å². The van der Waals surface area contributed by atoms with Crippen molar-refractivity contribution in [2.24, 2.45) is 0 Å². The van der Waals surface area contributed by atoms with Gasteiger partial charge in [-0.2, -0.15) is 0 Å². The molecule has 2 heterocycles. The molecule has 3 aromatic rings. The van der Waals surface area contributed by atoms with Crippen molar-refractivity contribution in [3.8, 4) is 0 Å². The molecule has 0 aliphatic carbocycles. The summed E-state index contributed by atoms with van der Waals surface area (Å²) in [5, 5.41) is 4.26. The number of benzene rings is 1. The average molecular weight is 321 g/mol. The highest BCUT2D eigenvalue weighted by atomic mass is 16.1. The van der Waals surface area contributed by atoms with Crippen LogP contribution in [0.4, 0.5) is 0 Å². The number of hydrogen-bond donors (Lipinski definition) is 1. The Morgan fingerprint density at radius 3 is 2.88 bits per heavy atom. The van der Waals surface area contributed by atoms with Crippen LogP contribution in [0.5, 0.6) is 0 Å². The van der Waals surface area contributed by atoms with Gasteiger partial charge in [-0.3, -0.25) is 9.78 Å². The first-order valence-corrected chi connectivity index (χ1v) is 8.45. The van der Waals surface area contributed by atoms with Crippen molar-refractivity contribution >= 4 is 16.8 Å². The van der Waals surface area contributed by atoms with Gasteiger partial charge in [-0.05, 0) is 55.5 Å². The van der Waals surface area contributed by atoms with Gasteiger partial charge in [0.25, 0.3) is 0 Å². The first-order chi connectivity index (χ1) is 11.7. The van der Waals surface area contributed by atoms with E-state index in [4.69, 9.17) is 0 Å². The summed E-state index contributed by atoms with van der Waals surface area (Å²) in [4.78, 5) is 16.5. The Morgan fingerprint density at radius 2 is 2.12 bits per heavy atom. The maximum absolute atomic E-state index is 12.2. The monoisotopic (exact) mass is 321 g/mol. The largest absolute Gasteiger partial charge is 0.348 e. The summed E-state index contributed by atoms with van der Waals surface area (Å²) < 4.78 is 2.22. The molecule has 0 radical (unpaired) electrons. The summed E-state index contributed by atoms with van der Waals surface area (Å²) >= 11 is 0. The fourth-order valence-corrected chi connectivity index (χ4v) is 2.94. The fraction of sp³-hybridized carbons (Fsp3) is 0.300. The van der Waals surface area contributed by atoms with E-state index >= 15 is 0 Å². The molecule has 0 aliphatic heterocycles. The molecule has 4 heteroatoms. The number of aromatic nitrogens is 2. The van der Waals surface area contributed by atoms with Gasteiger partial charge in [0.1, 0.15) is 0 Å². The van der Waals surface area contributed by atoms with Crippen LogP contribution in [0.25, 0.3) is 10.9 Å². The Labute approximate surface area is 142 Å². The van der Waals surface area contributed by atoms with E-state index in [1.165, 1.54) is 16.5 Å². The van der Waals surface area contributed by atoms with Crippen LogP contribution in [0, 0.1) is 0 Å². The first-order valence-electron chi connectivity index (χ1n) is 8.45. The summed E-state index contributed by atoms with van der Waals surface area (Å²) in [6.45, 7) is 5.05. The van der Waals surface area contributed by atoms with Crippen molar-refractivity contribution in [2.75, 3.05) is 0 Å². The summed E-state index contributed by atoms with van der Waals surface area (Å²) in [6, 6.07) is 14.2. The topological polar surface area (TPSA) is 46.9 Å². The Morgan fingerprint density at radius 1 is 1.25 bits per heavy atom. The molecule has 2 aromatic heterocycles. The SMILES string of the molecule is CCn1ccc2ccc(CCC(=O)NC(C)c3ccccn3)cc21. The Kier molecular flexibility index (Phi) is 4.94. The van der Waals surface area contributed by atoms with Gasteiger partial charge in [0.05, 0.1) is 11.7 Å². The van der Waals surface area contributed by atoms with E-state index in [0.717, 1.165) is 18.7 Å². The maximum Gasteiger partial charge on any atom is 0.220 e. The van der Waals surface area contributed by atoms with Crippen molar-refractivity contribution in [3.05, 3.63) is 66.1 Å².